The van der Waals surface area contributed by atoms with Gasteiger partial charge in [0.15, 0.2) is 5.65 Å². The first-order chi connectivity index (χ1) is 11.7. The summed E-state index contributed by atoms with van der Waals surface area (Å²) in [5.41, 5.74) is 1.07. The highest BCUT2D eigenvalue weighted by Gasteiger charge is 2.17. The van der Waals surface area contributed by atoms with Crippen molar-refractivity contribution in [3.05, 3.63) is 46.9 Å². The molecule has 1 fully saturated rings. The van der Waals surface area contributed by atoms with Crippen LogP contribution in [0.4, 0.5) is 5.95 Å². The lowest BCUT2D eigenvalue weighted by molar-refractivity contribution is 0.311. The van der Waals surface area contributed by atoms with Crippen molar-refractivity contribution in [3.8, 4) is 11.4 Å². The molecule has 1 aliphatic rings. The summed E-state index contributed by atoms with van der Waals surface area (Å²) in [6, 6.07) is 9.57. The van der Waals surface area contributed by atoms with Crippen LogP contribution in [0, 0.1) is 0 Å². The molecular formula is C17H18N6O. The number of hydrogen-bond acceptors (Lipinski definition) is 6. The maximum absolute atomic E-state index is 12.3. The van der Waals surface area contributed by atoms with E-state index in [2.05, 4.69) is 36.8 Å². The number of likely N-dealkylation sites (N-methyl/N-ethyl adjacent to an activating group) is 1. The minimum absolute atomic E-state index is 0.219. The van der Waals surface area contributed by atoms with Crippen LogP contribution >= 0.6 is 0 Å². The van der Waals surface area contributed by atoms with Gasteiger partial charge in [-0.3, -0.25) is 4.79 Å². The molecule has 3 aromatic rings. The molecule has 122 valence electrons. The zero-order valence-corrected chi connectivity index (χ0v) is 13.4. The second-order valence-corrected chi connectivity index (χ2v) is 5.98. The van der Waals surface area contributed by atoms with Gasteiger partial charge >= 0.3 is 0 Å². The molecule has 0 aliphatic carbocycles. The van der Waals surface area contributed by atoms with Gasteiger partial charge in [-0.2, -0.15) is 4.98 Å². The summed E-state index contributed by atoms with van der Waals surface area (Å²) in [5.74, 6) is 1.16. The van der Waals surface area contributed by atoms with Gasteiger partial charge in [-0.1, -0.05) is 30.3 Å². The molecule has 24 heavy (non-hydrogen) atoms. The number of anilines is 1. The minimum Gasteiger partial charge on any atom is -0.338 e. The number of piperazine rings is 1. The van der Waals surface area contributed by atoms with Gasteiger partial charge in [-0.25, -0.2) is 9.97 Å². The smallest absolute Gasteiger partial charge is 0.262 e. The molecule has 2 aromatic heterocycles. The average molecular weight is 322 g/mol. The maximum Gasteiger partial charge on any atom is 0.262 e. The molecule has 0 atom stereocenters. The fourth-order valence-electron chi connectivity index (χ4n) is 2.81. The van der Waals surface area contributed by atoms with Crippen molar-refractivity contribution in [1.29, 1.82) is 0 Å². The van der Waals surface area contributed by atoms with Crippen molar-refractivity contribution in [3.63, 3.8) is 0 Å². The number of rotatable bonds is 2. The molecule has 1 saturated heterocycles. The van der Waals surface area contributed by atoms with Crippen LogP contribution in [-0.4, -0.2) is 58.1 Å². The molecule has 1 N–H and O–H groups in total. The van der Waals surface area contributed by atoms with E-state index in [1.165, 1.54) is 0 Å². The zero-order valence-electron chi connectivity index (χ0n) is 13.4. The molecule has 7 heteroatoms. The normalized spacial score (nSPS) is 15.8. The number of hydrogen-bond donors (Lipinski definition) is 1. The summed E-state index contributed by atoms with van der Waals surface area (Å²) in [6.07, 6.45) is 1.57. The number of aromatic amines is 1. The summed E-state index contributed by atoms with van der Waals surface area (Å²) in [7, 11) is 2.10. The van der Waals surface area contributed by atoms with Crippen LogP contribution in [0.3, 0.4) is 0 Å². The van der Waals surface area contributed by atoms with Gasteiger partial charge in [0.05, 0.1) is 0 Å². The first-order valence-corrected chi connectivity index (χ1v) is 7.97. The molecule has 0 amide bonds. The van der Waals surface area contributed by atoms with Gasteiger partial charge in [0, 0.05) is 37.9 Å². The van der Waals surface area contributed by atoms with Gasteiger partial charge < -0.3 is 14.8 Å². The molecule has 4 rings (SSSR count). The molecule has 0 bridgehead atoms. The van der Waals surface area contributed by atoms with E-state index in [1.807, 2.05) is 30.3 Å². The Hall–Kier alpha value is -2.80. The predicted molar refractivity (Wildman–Crippen MR) is 93.1 cm³/mol. The molecule has 3 heterocycles. The highest BCUT2D eigenvalue weighted by Crippen LogP contribution is 2.17. The topological polar surface area (TPSA) is 78.0 Å². The molecule has 0 radical (unpaired) electrons. The highest BCUT2D eigenvalue weighted by atomic mass is 16.1. The van der Waals surface area contributed by atoms with Crippen molar-refractivity contribution < 1.29 is 0 Å². The molecular weight excluding hydrogens is 304 g/mol. The van der Waals surface area contributed by atoms with Crippen LogP contribution in [-0.2, 0) is 0 Å². The lowest BCUT2D eigenvalue weighted by Gasteiger charge is -2.32. The maximum atomic E-state index is 12.3. The minimum atomic E-state index is -0.219. The molecule has 7 nitrogen and oxygen atoms in total. The predicted octanol–water partition coefficient (Wildman–Crippen LogP) is 1.13. The summed E-state index contributed by atoms with van der Waals surface area (Å²) in [6.45, 7) is 3.69. The summed E-state index contributed by atoms with van der Waals surface area (Å²) in [5, 5.41) is 0.410. The van der Waals surface area contributed by atoms with E-state index in [1.54, 1.807) is 6.20 Å². The van der Waals surface area contributed by atoms with Gasteiger partial charge in [-0.05, 0) is 7.05 Å². The van der Waals surface area contributed by atoms with Crippen LogP contribution in [0.5, 0.6) is 0 Å². The number of nitrogens with zero attached hydrogens (tertiary/aromatic N) is 5. The Kier molecular flexibility index (Phi) is 3.70. The second kappa shape index (κ2) is 6.01. The monoisotopic (exact) mass is 322 g/mol. The largest absolute Gasteiger partial charge is 0.338 e. The number of benzene rings is 1. The third kappa shape index (κ3) is 2.74. The van der Waals surface area contributed by atoms with Crippen molar-refractivity contribution in [2.75, 3.05) is 38.1 Å². The molecule has 1 aliphatic heterocycles. The Balaban J connectivity index is 1.76. The molecule has 0 unspecified atom stereocenters. The van der Waals surface area contributed by atoms with E-state index < -0.39 is 0 Å². The molecule has 1 aromatic carbocycles. The highest BCUT2D eigenvalue weighted by molar-refractivity contribution is 5.76. The lowest BCUT2D eigenvalue weighted by Crippen LogP contribution is -2.45. The number of aromatic nitrogens is 4. The number of H-pyrrole nitrogens is 1. The van der Waals surface area contributed by atoms with Gasteiger partial charge in [0.2, 0.25) is 5.95 Å². The fraction of sp³-hybridized carbons (Fsp3) is 0.294. The van der Waals surface area contributed by atoms with Crippen molar-refractivity contribution in [1.82, 2.24) is 24.8 Å². The SMILES string of the molecule is CN1CCN(c2ncc3c(=O)[nH]c(-c4ccccc4)nc3n2)CC1. The number of fused-ring (bicyclic) bond motifs is 1. The third-order valence-corrected chi connectivity index (χ3v) is 4.28. The van der Waals surface area contributed by atoms with Crippen molar-refractivity contribution in [2.45, 2.75) is 0 Å². The molecule has 0 spiro atoms. The average Bonchev–Trinajstić information content (AvgIpc) is 2.62. The quantitative estimate of drug-likeness (QED) is 0.762. The van der Waals surface area contributed by atoms with Crippen molar-refractivity contribution >= 4 is 17.0 Å². The zero-order chi connectivity index (χ0) is 16.5. The van der Waals surface area contributed by atoms with E-state index in [0.717, 1.165) is 31.7 Å². The van der Waals surface area contributed by atoms with Crippen LogP contribution in [0.15, 0.2) is 41.3 Å². The van der Waals surface area contributed by atoms with Crippen molar-refractivity contribution in [2.24, 2.45) is 0 Å². The van der Waals surface area contributed by atoms with Crippen LogP contribution < -0.4 is 10.5 Å². The summed E-state index contributed by atoms with van der Waals surface area (Å²) >= 11 is 0. The Morgan fingerprint density at radius 3 is 2.54 bits per heavy atom. The van der Waals surface area contributed by atoms with Crippen LogP contribution in [0.2, 0.25) is 0 Å². The van der Waals surface area contributed by atoms with Gasteiger partial charge in [0.1, 0.15) is 11.2 Å². The fourth-order valence-corrected chi connectivity index (χ4v) is 2.81. The third-order valence-electron chi connectivity index (χ3n) is 4.28. The Labute approximate surface area is 139 Å². The number of nitrogens with one attached hydrogen (secondary N) is 1. The van der Waals surface area contributed by atoms with Gasteiger partial charge in [0.25, 0.3) is 5.56 Å². The van der Waals surface area contributed by atoms with Gasteiger partial charge in [-0.15, -0.1) is 0 Å². The van der Waals surface area contributed by atoms with E-state index in [0.29, 0.717) is 22.8 Å². The lowest BCUT2D eigenvalue weighted by atomic mass is 10.2. The standard InChI is InChI=1S/C17H18N6O/c1-22-7-9-23(10-8-22)17-18-11-13-15(21-17)19-14(20-16(13)24)12-5-3-2-4-6-12/h2-6,11H,7-10H2,1H3,(H,18,19,20,21,24). The molecule has 0 saturated carbocycles. The summed E-state index contributed by atoms with van der Waals surface area (Å²) in [4.78, 5) is 32.9. The first kappa shape index (κ1) is 14.8. The van der Waals surface area contributed by atoms with E-state index >= 15 is 0 Å². The Bertz CT molecular complexity index is 915. The summed E-state index contributed by atoms with van der Waals surface area (Å²) < 4.78 is 0. The second-order valence-electron chi connectivity index (χ2n) is 5.98. The first-order valence-electron chi connectivity index (χ1n) is 7.97. The van der Waals surface area contributed by atoms with E-state index in [9.17, 15) is 4.79 Å². The van der Waals surface area contributed by atoms with Crippen LogP contribution in [0.1, 0.15) is 0 Å². The Morgan fingerprint density at radius 1 is 1.04 bits per heavy atom. The van der Waals surface area contributed by atoms with Crippen LogP contribution in [0.25, 0.3) is 22.4 Å². The van der Waals surface area contributed by atoms with E-state index in [-0.39, 0.29) is 5.56 Å². The Morgan fingerprint density at radius 2 is 1.79 bits per heavy atom. The van der Waals surface area contributed by atoms with E-state index in [4.69, 9.17) is 0 Å².